The number of carbonyl (C=O) groups excluding carboxylic acids is 1. The van der Waals surface area contributed by atoms with E-state index in [1.165, 1.54) is 6.07 Å². The van der Waals surface area contributed by atoms with Gasteiger partial charge in [0, 0.05) is 24.8 Å². The lowest BCUT2D eigenvalue weighted by molar-refractivity contribution is -0.00360. The predicted octanol–water partition coefficient (Wildman–Crippen LogP) is 2.88. The van der Waals surface area contributed by atoms with Crippen molar-refractivity contribution in [2.75, 3.05) is 19.8 Å². The molecule has 0 spiro atoms. The third-order valence-corrected chi connectivity index (χ3v) is 5.37. The van der Waals surface area contributed by atoms with Crippen molar-refractivity contribution in [2.24, 2.45) is 7.05 Å². The molecule has 2 aromatic heterocycles. The number of carbonyl (C=O) groups is 1. The summed E-state index contributed by atoms with van der Waals surface area (Å²) < 4.78 is 23.3. The first-order chi connectivity index (χ1) is 13.9. The summed E-state index contributed by atoms with van der Waals surface area (Å²) >= 11 is 0. The van der Waals surface area contributed by atoms with Gasteiger partial charge in [0.05, 0.1) is 30.6 Å². The molecule has 1 amide bonds. The monoisotopic (exact) mass is 397 g/mol. The second-order valence-corrected chi connectivity index (χ2v) is 7.33. The van der Waals surface area contributed by atoms with E-state index in [0.29, 0.717) is 31.1 Å². The van der Waals surface area contributed by atoms with Crippen LogP contribution in [0.15, 0.2) is 30.3 Å². The van der Waals surface area contributed by atoms with Crippen molar-refractivity contribution in [3.8, 4) is 5.69 Å². The molecule has 3 heterocycles. The van der Waals surface area contributed by atoms with Gasteiger partial charge in [-0.3, -0.25) is 9.48 Å². The fourth-order valence-electron chi connectivity index (χ4n) is 4.04. The third kappa shape index (κ3) is 3.33. The number of halogens is 1. The summed E-state index contributed by atoms with van der Waals surface area (Å²) in [6.07, 6.45) is 0. The highest BCUT2D eigenvalue weighted by atomic mass is 19.1. The van der Waals surface area contributed by atoms with E-state index in [4.69, 9.17) is 4.74 Å². The van der Waals surface area contributed by atoms with E-state index < -0.39 is 0 Å². The molecule has 4 rings (SSSR count). The molecule has 0 saturated carbocycles. The summed E-state index contributed by atoms with van der Waals surface area (Å²) in [6.45, 7) is 6.95. The van der Waals surface area contributed by atoms with Crippen LogP contribution in [-0.2, 0) is 11.8 Å². The smallest absolute Gasteiger partial charge is 0.272 e. The van der Waals surface area contributed by atoms with Crippen LogP contribution in [0, 0.1) is 26.6 Å². The van der Waals surface area contributed by atoms with Crippen LogP contribution in [-0.4, -0.2) is 50.1 Å². The fourth-order valence-corrected chi connectivity index (χ4v) is 4.04. The van der Waals surface area contributed by atoms with Gasteiger partial charge < -0.3 is 9.64 Å². The summed E-state index contributed by atoms with van der Waals surface area (Å²) in [5, 5.41) is 8.86. The molecular formula is C21H24FN5O2. The predicted molar refractivity (Wildman–Crippen MR) is 106 cm³/mol. The molecule has 7 nitrogen and oxygen atoms in total. The molecule has 152 valence electrons. The fraction of sp³-hybridized carbons (Fsp3) is 0.381. The van der Waals surface area contributed by atoms with Gasteiger partial charge in [-0.25, -0.2) is 9.07 Å². The number of morpholine rings is 1. The van der Waals surface area contributed by atoms with Crippen LogP contribution in [0.1, 0.15) is 39.2 Å². The summed E-state index contributed by atoms with van der Waals surface area (Å²) in [4.78, 5) is 15.1. The highest BCUT2D eigenvalue weighted by Crippen LogP contribution is 2.32. The van der Waals surface area contributed by atoms with E-state index >= 15 is 0 Å². The molecule has 0 unspecified atom stereocenters. The Bertz CT molecular complexity index is 1070. The maximum absolute atomic E-state index is 14.4. The van der Waals surface area contributed by atoms with Gasteiger partial charge >= 0.3 is 0 Å². The van der Waals surface area contributed by atoms with Gasteiger partial charge in [0.2, 0.25) is 0 Å². The minimum absolute atomic E-state index is 0.0983. The van der Waals surface area contributed by atoms with Gasteiger partial charge in [-0.15, -0.1) is 0 Å². The molecule has 0 radical (unpaired) electrons. The summed E-state index contributed by atoms with van der Waals surface area (Å²) in [5.74, 6) is -0.443. The first-order valence-corrected chi connectivity index (χ1v) is 9.59. The van der Waals surface area contributed by atoms with Crippen molar-refractivity contribution in [3.63, 3.8) is 0 Å². The normalized spacial score (nSPS) is 17.0. The van der Waals surface area contributed by atoms with E-state index in [0.717, 1.165) is 22.6 Å². The molecule has 1 aliphatic heterocycles. The van der Waals surface area contributed by atoms with Crippen molar-refractivity contribution in [3.05, 3.63) is 64.5 Å². The Kier molecular flexibility index (Phi) is 4.96. The van der Waals surface area contributed by atoms with Gasteiger partial charge in [0.25, 0.3) is 5.91 Å². The molecule has 29 heavy (non-hydrogen) atoms. The van der Waals surface area contributed by atoms with Crippen molar-refractivity contribution in [1.29, 1.82) is 0 Å². The standard InChI is InChI=1S/C21H24FN5O2/c1-13-11-18(25(4)23-13)21(28)26-9-10-29-12-19(26)20-14(2)24-27(15(20)3)17-8-6-5-7-16(17)22/h5-8,11,19H,9-10,12H2,1-4H3/t19-/m0/s1. The Morgan fingerprint density at radius 3 is 2.66 bits per heavy atom. The average molecular weight is 397 g/mol. The van der Waals surface area contributed by atoms with Gasteiger partial charge in [-0.2, -0.15) is 10.2 Å². The first kappa shape index (κ1) is 19.3. The Morgan fingerprint density at radius 1 is 1.21 bits per heavy atom. The Labute approximate surface area is 168 Å². The van der Waals surface area contributed by atoms with E-state index in [-0.39, 0.29) is 17.8 Å². The molecule has 1 aromatic carbocycles. The molecule has 1 saturated heterocycles. The van der Waals surface area contributed by atoms with Crippen molar-refractivity contribution < 1.29 is 13.9 Å². The van der Waals surface area contributed by atoms with Crippen molar-refractivity contribution in [1.82, 2.24) is 24.5 Å². The van der Waals surface area contributed by atoms with Crippen molar-refractivity contribution >= 4 is 5.91 Å². The average Bonchev–Trinajstić information content (AvgIpc) is 3.19. The number of benzene rings is 1. The molecule has 8 heteroatoms. The number of amides is 1. The van der Waals surface area contributed by atoms with Crippen LogP contribution in [0.2, 0.25) is 0 Å². The Morgan fingerprint density at radius 2 is 1.97 bits per heavy atom. The van der Waals surface area contributed by atoms with Gasteiger partial charge in [-0.05, 0) is 39.0 Å². The maximum Gasteiger partial charge on any atom is 0.272 e. The second-order valence-electron chi connectivity index (χ2n) is 7.33. The SMILES string of the molecule is Cc1cc(C(=O)N2CCOC[C@H]2c2c(C)nn(-c3ccccc3F)c2C)n(C)n1. The van der Waals surface area contributed by atoms with Crippen LogP contribution in [0.3, 0.4) is 0 Å². The lowest BCUT2D eigenvalue weighted by atomic mass is 10.0. The molecule has 1 aliphatic rings. The summed E-state index contributed by atoms with van der Waals surface area (Å²) in [7, 11) is 1.77. The molecule has 0 N–H and O–H groups in total. The zero-order chi connectivity index (χ0) is 20.7. The number of aryl methyl sites for hydroxylation is 3. The zero-order valence-corrected chi connectivity index (χ0v) is 17.0. The van der Waals surface area contributed by atoms with Gasteiger partial charge in [0.1, 0.15) is 17.2 Å². The molecule has 0 aliphatic carbocycles. The van der Waals surface area contributed by atoms with E-state index in [1.54, 1.807) is 40.7 Å². The van der Waals surface area contributed by atoms with Gasteiger partial charge in [0.15, 0.2) is 0 Å². The van der Waals surface area contributed by atoms with Crippen LogP contribution in [0.25, 0.3) is 5.69 Å². The Balaban J connectivity index is 1.75. The van der Waals surface area contributed by atoms with E-state index in [1.807, 2.05) is 25.7 Å². The summed E-state index contributed by atoms with van der Waals surface area (Å²) in [6, 6.07) is 8.02. The minimum Gasteiger partial charge on any atom is -0.377 e. The number of para-hydroxylation sites is 1. The molecule has 1 fully saturated rings. The topological polar surface area (TPSA) is 65.2 Å². The third-order valence-electron chi connectivity index (χ3n) is 5.37. The minimum atomic E-state index is -0.345. The van der Waals surface area contributed by atoms with E-state index in [9.17, 15) is 9.18 Å². The summed E-state index contributed by atoms with van der Waals surface area (Å²) in [5.41, 5.74) is 4.14. The van der Waals surface area contributed by atoms with Crippen LogP contribution in [0.4, 0.5) is 4.39 Å². The highest BCUT2D eigenvalue weighted by Gasteiger charge is 2.34. The lowest BCUT2D eigenvalue weighted by Crippen LogP contribution is -2.44. The highest BCUT2D eigenvalue weighted by molar-refractivity contribution is 5.93. The maximum atomic E-state index is 14.4. The van der Waals surface area contributed by atoms with Gasteiger partial charge in [-0.1, -0.05) is 12.1 Å². The quantitative estimate of drug-likeness (QED) is 0.682. The van der Waals surface area contributed by atoms with Crippen molar-refractivity contribution in [2.45, 2.75) is 26.8 Å². The lowest BCUT2D eigenvalue weighted by Gasteiger charge is -2.36. The molecule has 1 atom stereocenters. The number of ether oxygens (including phenoxy) is 1. The Hall–Kier alpha value is -3.00. The number of nitrogens with zero attached hydrogens (tertiary/aromatic N) is 5. The van der Waals surface area contributed by atoms with E-state index in [2.05, 4.69) is 10.2 Å². The largest absolute Gasteiger partial charge is 0.377 e. The number of hydrogen-bond donors (Lipinski definition) is 0. The molecule has 0 bridgehead atoms. The number of rotatable bonds is 3. The second kappa shape index (κ2) is 7.44. The first-order valence-electron chi connectivity index (χ1n) is 9.59. The molecule has 3 aromatic rings. The van der Waals surface area contributed by atoms with Crippen LogP contribution in [0.5, 0.6) is 0 Å². The van der Waals surface area contributed by atoms with Crippen LogP contribution < -0.4 is 0 Å². The number of hydrogen-bond acceptors (Lipinski definition) is 4. The zero-order valence-electron chi connectivity index (χ0n) is 17.0. The number of aromatic nitrogens is 4. The van der Waals surface area contributed by atoms with Crippen LogP contribution >= 0.6 is 0 Å². The molecular weight excluding hydrogens is 373 g/mol.